The summed E-state index contributed by atoms with van der Waals surface area (Å²) in [5.41, 5.74) is 0.636. The third kappa shape index (κ3) is 3.56. The van der Waals surface area contributed by atoms with Gasteiger partial charge in [0.05, 0.1) is 16.2 Å². The molecule has 0 saturated carbocycles. The molecular formula is C15H14FN3O3S2. The molecular weight excluding hydrogens is 353 g/mol. The van der Waals surface area contributed by atoms with Gasteiger partial charge in [-0.25, -0.2) is 17.8 Å². The summed E-state index contributed by atoms with van der Waals surface area (Å²) in [7, 11) is -3.95. The van der Waals surface area contributed by atoms with Crippen LogP contribution < -0.4 is 4.72 Å². The molecule has 24 heavy (non-hydrogen) atoms. The highest BCUT2D eigenvalue weighted by Crippen LogP contribution is 2.30. The second-order valence-corrected chi connectivity index (χ2v) is 7.86. The first-order chi connectivity index (χ1) is 11.5. The van der Waals surface area contributed by atoms with Crippen LogP contribution in [-0.2, 0) is 14.8 Å². The van der Waals surface area contributed by atoms with E-state index in [0.717, 1.165) is 30.7 Å². The molecule has 0 bridgehead atoms. The molecule has 1 saturated heterocycles. The molecule has 6 nitrogen and oxygen atoms in total. The number of hydrogen-bond donors (Lipinski definition) is 1. The van der Waals surface area contributed by atoms with Gasteiger partial charge < -0.3 is 4.74 Å². The van der Waals surface area contributed by atoms with E-state index in [1.54, 1.807) is 6.07 Å². The monoisotopic (exact) mass is 367 g/mol. The molecule has 1 fully saturated rings. The van der Waals surface area contributed by atoms with Crippen LogP contribution in [0.3, 0.4) is 0 Å². The lowest BCUT2D eigenvalue weighted by Gasteiger charge is -2.19. The van der Waals surface area contributed by atoms with E-state index < -0.39 is 15.8 Å². The van der Waals surface area contributed by atoms with Crippen molar-refractivity contribution in [1.82, 2.24) is 4.98 Å². The van der Waals surface area contributed by atoms with Crippen LogP contribution in [0.1, 0.15) is 30.0 Å². The Balaban J connectivity index is 1.78. The van der Waals surface area contributed by atoms with Gasteiger partial charge in [-0.2, -0.15) is 5.26 Å². The van der Waals surface area contributed by atoms with E-state index in [0.29, 0.717) is 13.2 Å². The Kier molecular flexibility index (Phi) is 4.80. The molecule has 0 atom stereocenters. The molecule has 0 radical (unpaired) electrons. The zero-order valence-electron chi connectivity index (χ0n) is 12.5. The number of sulfonamides is 1. The van der Waals surface area contributed by atoms with Crippen LogP contribution in [0.4, 0.5) is 9.52 Å². The second kappa shape index (κ2) is 6.84. The fraction of sp³-hybridized carbons (Fsp3) is 0.333. The molecule has 0 amide bonds. The van der Waals surface area contributed by atoms with Gasteiger partial charge in [-0.1, -0.05) is 0 Å². The predicted molar refractivity (Wildman–Crippen MR) is 86.8 cm³/mol. The molecule has 1 N–H and O–H groups in total. The Labute approximate surface area is 143 Å². The molecule has 2 aromatic rings. The number of aromatic nitrogens is 1. The van der Waals surface area contributed by atoms with E-state index in [1.165, 1.54) is 17.4 Å². The van der Waals surface area contributed by atoms with Gasteiger partial charge >= 0.3 is 0 Å². The van der Waals surface area contributed by atoms with Crippen molar-refractivity contribution in [3.8, 4) is 6.07 Å². The Bertz CT molecular complexity index is 884. The first-order valence-electron chi connectivity index (χ1n) is 7.25. The number of nitrogens with one attached hydrogen (secondary N) is 1. The lowest BCUT2D eigenvalue weighted by molar-refractivity contribution is 0.0846. The highest BCUT2D eigenvalue weighted by atomic mass is 32.2. The highest BCUT2D eigenvalue weighted by Gasteiger charge is 2.21. The van der Waals surface area contributed by atoms with Crippen molar-refractivity contribution in [1.29, 1.82) is 5.26 Å². The van der Waals surface area contributed by atoms with Crippen LogP contribution >= 0.6 is 11.3 Å². The number of benzene rings is 1. The van der Waals surface area contributed by atoms with Crippen LogP contribution in [-0.4, -0.2) is 26.6 Å². The molecule has 1 aromatic heterocycles. The maximum atomic E-state index is 13.6. The van der Waals surface area contributed by atoms with E-state index in [-0.39, 0.29) is 21.5 Å². The maximum Gasteiger partial charge on any atom is 0.263 e. The van der Waals surface area contributed by atoms with Crippen molar-refractivity contribution in [3.05, 3.63) is 40.7 Å². The number of halogens is 1. The minimum Gasteiger partial charge on any atom is -0.381 e. The Morgan fingerprint density at radius 1 is 1.38 bits per heavy atom. The zero-order chi connectivity index (χ0) is 17.2. The smallest absolute Gasteiger partial charge is 0.263 e. The number of rotatable bonds is 4. The molecule has 1 aliphatic rings. The molecule has 1 aromatic carbocycles. The summed E-state index contributed by atoms with van der Waals surface area (Å²) < 4.78 is 45.9. The molecule has 0 spiro atoms. The molecule has 3 rings (SSSR count). The summed E-state index contributed by atoms with van der Waals surface area (Å²) in [5, 5.41) is 10.8. The van der Waals surface area contributed by atoms with E-state index in [1.807, 2.05) is 5.38 Å². The van der Waals surface area contributed by atoms with Crippen LogP contribution in [0.2, 0.25) is 0 Å². The van der Waals surface area contributed by atoms with E-state index in [2.05, 4.69) is 9.71 Å². The molecule has 1 aliphatic heterocycles. The summed E-state index contributed by atoms with van der Waals surface area (Å²) in [6, 6.07) is 4.81. The van der Waals surface area contributed by atoms with Crippen molar-refractivity contribution < 1.29 is 17.5 Å². The number of thiazole rings is 1. The third-order valence-electron chi connectivity index (χ3n) is 3.75. The molecule has 0 unspecified atom stereocenters. The Morgan fingerprint density at radius 3 is 2.79 bits per heavy atom. The van der Waals surface area contributed by atoms with Crippen LogP contribution in [0.25, 0.3) is 0 Å². The number of nitrogens with zero attached hydrogens (tertiary/aromatic N) is 2. The largest absolute Gasteiger partial charge is 0.381 e. The summed E-state index contributed by atoms with van der Waals surface area (Å²) >= 11 is 1.19. The topological polar surface area (TPSA) is 92.1 Å². The van der Waals surface area contributed by atoms with Crippen LogP contribution in [0, 0.1) is 17.1 Å². The maximum absolute atomic E-state index is 13.6. The second-order valence-electron chi connectivity index (χ2n) is 5.32. The number of hydrogen-bond acceptors (Lipinski definition) is 6. The number of ether oxygens (including phenoxy) is 1. The minimum absolute atomic E-state index is 0.204. The molecule has 2 heterocycles. The predicted octanol–water partition coefficient (Wildman–Crippen LogP) is 2.85. The van der Waals surface area contributed by atoms with Gasteiger partial charge in [0.25, 0.3) is 10.0 Å². The average Bonchev–Trinajstić information content (AvgIpc) is 3.03. The van der Waals surface area contributed by atoms with Crippen molar-refractivity contribution in [3.63, 3.8) is 0 Å². The number of anilines is 1. The quantitative estimate of drug-likeness (QED) is 0.897. The average molecular weight is 367 g/mol. The fourth-order valence-electron chi connectivity index (χ4n) is 2.44. The summed E-state index contributed by atoms with van der Waals surface area (Å²) in [6.45, 7) is 1.35. The lowest BCUT2D eigenvalue weighted by Crippen LogP contribution is -2.15. The van der Waals surface area contributed by atoms with Gasteiger partial charge in [-0.15, -0.1) is 11.3 Å². The minimum atomic E-state index is -3.95. The van der Waals surface area contributed by atoms with Gasteiger partial charge in [0.2, 0.25) is 0 Å². The van der Waals surface area contributed by atoms with Crippen molar-refractivity contribution in [2.45, 2.75) is 23.7 Å². The fourth-order valence-corrected chi connectivity index (χ4v) is 4.50. The van der Waals surface area contributed by atoms with E-state index >= 15 is 0 Å². The van der Waals surface area contributed by atoms with Gasteiger partial charge in [0.1, 0.15) is 11.9 Å². The molecule has 0 aliphatic carbocycles. The van der Waals surface area contributed by atoms with E-state index in [4.69, 9.17) is 10.00 Å². The van der Waals surface area contributed by atoms with Crippen molar-refractivity contribution in [2.75, 3.05) is 17.9 Å². The molecule has 126 valence electrons. The zero-order valence-corrected chi connectivity index (χ0v) is 14.2. The SMILES string of the molecule is N#Cc1ccc(S(=O)(=O)Nc2nc(C3CCOCC3)cs2)cc1F. The standard InChI is InChI=1S/C15H14FN3O3S2/c16-13-7-12(2-1-11(13)8-17)24(20,21)19-15-18-14(9-23-15)10-3-5-22-6-4-10/h1-2,7,9-10H,3-6H2,(H,18,19). The third-order valence-corrected chi connectivity index (χ3v) is 6.00. The first kappa shape index (κ1) is 16.8. The van der Waals surface area contributed by atoms with Gasteiger partial charge in [0.15, 0.2) is 5.13 Å². The van der Waals surface area contributed by atoms with Gasteiger partial charge in [-0.05, 0) is 31.0 Å². The Morgan fingerprint density at radius 2 is 2.12 bits per heavy atom. The summed E-state index contributed by atoms with van der Waals surface area (Å²) in [6.07, 6.45) is 1.72. The first-order valence-corrected chi connectivity index (χ1v) is 9.61. The van der Waals surface area contributed by atoms with Crippen molar-refractivity contribution >= 4 is 26.5 Å². The summed E-state index contributed by atoms with van der Waals surface area (Å²) in [5.74, 6) is -0.608. The van der Waals surface area contributed by atoms with Gasteiger partial charge in [0, 0.05) is 24.5 Å². The van der Waals surface area contributed by atoms with Gasteiger partial charge in [-0.3, -0.25) is 4.72 Å². The van der Waals surface area contributed by atoms with Crippen molar-refractivity contribution in [2.24, 2.45) is 0 Å². The van der Waals surface area contributed by atoms with E-state index in [9.17, 15) is 12.8 Å². The normalized spacial score (nSPS) is 15.8. The lowest BCUT2D eigenvalue weighted by atomic mass is 9.98. The van der Waals surface area contributed by atoms with Crippen LogP contribution in [0.15, 0.2) is 28.5 Å². The molecule has 9 heteroatoms. The van der Waals surface area contributed by atoms with Crippen LogP contribution in [0.5, 0.6) is 0 Å². The summed E-state index contributed by atoms with van der Waals surface area (Å²) in [4.78, 5) is 4.08. The number of nitriles is 1. The Hall–Kier alpha value is -2.02. The highest BCUT2D eigenvalue weighted by molar-refractivity contribution is 7.93.